The molecule has 1 saturated carbocycles. The van der Waals surface area contributed by atoms with Crippen molar-refractivity contribution in [3.8, 4) is 5.75 Å². The maximum absolute atomic E-state index is 13.4. The molecule has 1 aromatic rings. The highest BCUT2D eigenvalue weighted by Crippen LogP contribution is 2.31. The molecule has 2 aliphatic rings. The van der Waals surface area contributed by atoms with Crippen LogP contribution in [0.15, 0.2) is 23.1 Å². The van der Waals surface area contributed by atoms with E-state index in [1.807, 2.05) is 11.8 Å². The SMILES string of the molecule is CCN(C(=O)c1ccc(OC)c(S(=O)(=O)N2CCCCCC2)c1)C1CCCCC1. The number of carbonyl (C=O) groups excluding carboxylic acids is 1. The summed E-state index contributed by atoms with van der Waals surface area (Å²) >= 11 is 0. The van der Waals surface area contributed by atoms with Crippen molar-refractivity contribution in [2.45, 2.75) is 75.6 Å². The van der Waals surface area contributed by atoms with Gasteiger partial charge in [0.05, 0.1) is 7.11 Å². The van der Waals surface area contributed by atoms with Gasteiger partial charge in [-0.2, -0.15) is 4.31 Å². The molecule has 6 nitrogen and oxygen atoms in total. The highest BCUT2D eigenvalue weighted by Gasteiger charge is 2.31. The van der Waals surface area contributed by atoms with E-state index in [2.05, 4.69) is 0 Å². The Hall–Kier alpha value is -1.60. The molecule has 1 amide bonds. The van der Waals surface area contributed by atoms with Gasteiger partial charge < -0.3 is 9.64 Å². The number of carbonyl (C=O) groups is 1. The van der Waals surface area contributed by atoms with Crippen molar-refractivity contribution in [1.82, 2.24) is 9.21 Å². The second-order valence-corrected chi connectivity index (χ2v) is 9.97. The summed E-state index contributed by atoms with van der Waals surface area (Å²) in [6.45, 7) is 3.66. The van der Waals surface area contributed by atoms with Crippen LogP contribution in [0.5, 0.6) is 5.75 Å². The van der Waals surface area contributed by atoms with Crippen LogP contribution in [0, 0.1) is 0 Å². The Kier molecular flexibility index (Phi) is 7.57. The number of amides is 1. The highest BCUT2D eigenvalue weighted by molar-refractivity contribution is 7.89. The summed E-state index contributed by atoms with van der Waals surface area (Å²) in [6.07, 6.45) is 9.39. The quantitative estimate of drug-likeness (QED) is 0.693. The van der Waals surface area contributed by atoms with E-state index in [4.69, 9.17) is 4.74 Å². The first-order chi connectivity index (χ1) is 14.0. The van der Waals surface area contributed by atoms with E-state index in [1.165, 1.54) is 19.6 Å². The summed E-state index contributed by atoms with van der Waals surface area (Å²) in [6, 6.07) is 5.07. The molecule has 0 aromatic heterocycles. The molecule has 1 aromatic carbocycles. The van der Waals surface area contributed by atoms with Crippen molar-refractivity contribution in [1.29, 1.82) is 0 Å². The van der Waals surface area contributed by atoms with Crippen molar-refractivity contribution < 1.29 is 17.9 Å². The van der Waals surface area contributed by atoms with Crippen LogP contribution in [0.25, 0.3) is 0 Å². The summed E-state index contributed by atoms with van der Waals surface area (Å²) in [5, 5.41) is 0. The molecule has 0 radical (unpaired) electrons. The molecule has 162 valence electrons. The average Bonchev–Trinajstić information content (AvgIpc) is 3.04. The lowest BCUT2D eigenvalue weighted by Crippen LogP contribution is -2.41. The Morgan fingerprint density at radius 2 is 1.69 bits per heavy atom. The smallest absolute Gasteiger partial charge is 0.254 e. The van der Waals surface area contributed by atoms with E-state index in [-0.39, 0.29) is 16.8 Å². The highest BCUT2D eigenvalue weighted by atomic mass is 32.2. The van der Waals surface area contributed by atoms with E-state index < -0.39 is 10.0 Å². The van der Waals surface area contributed by atoms with Gasteiger partial charge in [0.25, 0.3) is 5.91 Å². The molecule has 1 aliphatic carbocycles. The predicted octanol–water partition coefficient (Wildman–Crippen LogP) is 4.05. The lowest BCUT2D eigenvalue weighted by Gasteiger charge is -2.33. The first-order valence-electron chi connectivity index (χ1n) is 11.0. The third-order valence-electron chi connectivity index (χ3n) is 6.21. The Labute approximate surface area is 175 Å². The minimum Gasteiger partial charge on any atom is -0.495 e. The van der Waals surface area contributed by atoms with Crippen LogP contribution in [-0.2, 0) is 10.0 Å². The zero-order valence-electron chi connectivity index (χ0n) is 17.7. The van der Waals surface area contributed by atoms with Crippen molar-refractivity contribution in [2.75, 3.05) is 26.7 Å². The molecular weight excluding hydrogens is 388 g/mol. The van der Waals surface area contributed by atoms with Crippen molar-refractivity contribution in [2.24, 2.45) is 0 Å². The maximum Gasteiger partial charge on any atom is 0.254 e. The Morgan fingerprint density at radius 1 is 1.07 bits per heavy atom. The van der Waals surface area contributed by atoms with E-state index in [0.717, 1.165) is 51.4 Å². The van der Waals surface area contributed by atoms with Gasteiger partial charge in [0.2, 0.25) is 10.0 Å². The van der Waals surface area contributed by atoms with Gasteiger partial charge in [0.15, 0.2) is 0 Å². The van der Waals surface area contributed by atoms with Crippen LogP contribution in [0.4, 0.5) is 0 Å². The van der Waals surface area contributed by atoms with Gasteiger partial charge in [0.1, 0.15) is 10.6 Å². The fourth-order valence-corrected chi connectivity index (χ4v) is 6.26. The van der Waals surface area contributed by atoms with Crippen molar-refractivity contribution in [3.05, 3.63) is 23.8 Å². The van der Waals surface area contributed by atoms with E-state index in [0.29, 0.717) is 30.9 Å². The van der Waals surface area contributed by atoms with E-state index in [1.54, 1.807) is 16.4 Å². The molecule has 1 aliphatic heterocycles. The van der Waals surface area contributed by atoms with Crippen molar-refractivity contribution in [3.63, 3.8) is 0 Å². The number of sulfonamides is 1. The zero-order chi connectivity index (χ0) is 20.9. The topological polar surface area (TPSA) is 66.9 Å². The van der Waals surface area contributed by atoms with Crippen LogP contribution in [0.2, 0.25) is 0 Å². The Balaban J connectivity index is 1.92. The van der Waals surface area contributed by atoms with Crippen LogP contribution >= 0.6 is 0 Å². The van der Waals surface area contributed by atoms with Gasteiger partial charge in [-0.05, 0) is 50.8 Å². The minimum absolute atomic E-state index is 0.0885. The number of benzene rings is 1. The fourth-order valence-electron chi connectivity index (χ4n) is 4.56. The van der Waals surface area contributed by atoms with Gasteiger partial charge in [0, 0.05) is 31.2 Å². The van der Waals surface area contributed by atoms with Crippen LogP contribution in [0.3, 0.4) is 0 Å². The molecule has 7 heteroatoms. The standard InChI is InChI=1S/C22H34N2O4S/c1-3-24(19-11-7-6-8-12-19)22(25)18-13-14-20(28-2)21(17-18)29(26,27)23-15-9-4-5-10-16-23/h13-14,17,19H,3-12,15-16H2,1-2H3. The number of nitrogens with zero attached hydrogens (tertiary/aromatic N) is 2. The average molecular weight is 423 g/mol. The van der Waals surface area contributed by atoms with Crippen molar-refractivity contribution >= 4 is 15.9 Å². The third-order valence-corrected chi connectivity index (χ3v) is 8.13. The fraction of sp³-hybridized carbons (Fsp3) is 0.682. The summed E-state index contributed by atoms with van der Waals surface area (Å²) in [5.41, 5.74) is 0.423. The molecule has 1 saturated heterocycles. The van der Waals surface area contributed by atoms with E-state index >= 15 is 0 Å². The summed E-state index contributed by atoms with van der Waals surface area (Å²) in [5.74, 6) is 0.209. The number of methoxy groups -OCH3 is 1. The molecule has 0 N–H and O–H groups in total. The molecule has 1 heterocycles. The Morgan fingerprint density at radius 3 is 2.28 bits per heavy atom. The molecule has 29 heavy (non-hydrogen) atoms. The second-order valence-electron chi connectivity index (χ2n) is 8.07. The van der Waals surface area contributed by atoms with Gasteiger partial charge in [-0.15, -0.1) is 0 Å². The summed E-state index contributed by atoms with van der Waals surface area (Å²) < 4.78 is 33.6. The summed E-state index contributed by atoms with van der Waals surface area (Å²) in [7, 11) is -2.23. The second kappa shape index (κ2) is 9.94. The number of hydrogen-bond donors (Lipinski definition) is 0. The van der Waals surface area contributed by atoms with Gasteiger partial charge in [-0.3, -0.25) is 4.79 Å². The number of rotatable bonds is 6. The van der Waals surface area contributed by atoms with Crippen LogP contribution in [0.1, 0.15) is 75.1 Å². The van der Waals surface area contributed by atoms with Gasteiger partial charge >= 0.3 is 0 Å². The zero-order valence-corrected chi connectivity index (χ0v) is 18.5. The predicted molar refractivity (Wildman–Crippen MR) is 114 cm³/mol. The van der Waals surface area contributed by atoms with Gasteiger partial charge in [-0.25, -0.2) is 8.42 Å². The minimum atomic E-state index is -3.70. The molecule has 2 fully saturated rings. The largest absolute Gasteiger partial charge is 0.495 e. The monoisotopic (exact) mass is 422 g/mol. The molecule has 0 bridgehead atoms. The third kappa shape index (κ3) is 4.94. The first kappa shape index (κ1) is 22.1. The van der Waals surface area contributed by atoms with E-state index in [9.17, 15) is 13.2 Å². The normalized spacial score (nSPS) is 19.5. The molecular formula is C22H34N2O4S. The first-order valence-corrected chi connectivity index (χ1v) is 12.4. The lowest BCUT2D eigenvalue weighted by molar-refractivity contribution is 0.0647. The number of hydrogen-bond acceptors (Lipinski definition) is 4. The Bertz CT molecular complexity index is 795. The van der Waals surface area contributed by atoms with Crippen LogP contribution in [-0.4, -0.2) is 56.3 Å². The molecule has 0 unspecified atom stereocenters. The summed E-state index contributed by atoms with van der Waals surface area (Å²) in [4.78, 5) is 15.3. The molecule has 3 rings (SSSR count). The maximum atomic E-state index is 13.4. The lowest BCUT2D eigenvalue weighted by atomic mass is 9.93. The van der Waals surface area contributed by atoms with Gasteiger partial charge in [-0.1, -0.05) is 32.1 Å². The molecule has 0 spiro atoms. The number of ether oxygens (including phenoxy) is 1. The van der Waals surface area contributed by atoms with Crippen LogP contribution < -0.4 is 4.74 Å². The molecule has 0 atom stereocenters.